The second-order valence-electron chi connectivity index (χ2n) is 8.19. The van der Waals surface area contributed by atoms with E-state index in [1.54, 1.807) is 60.7 Å². The van der Waals surface area contributed by atoms with E-state index in [0.29, 0.717) is 10.0 Å². The molecule has 0 saturated heterocycles. The van der Waals surface area contributed by atoms with Crippen LogP contribution in [0.5, 0.6) is 0 Å². The van der Waals surface area contributed by atoms with Crippen molar-refractivity contribution in [2.24, 2.45) is 0 Å². The first-order chi connectivity index (χ1) is 18.0. The molecule has 0 fully saturated rings. The summed E-state index contributed by atoms with van der Waals surface area (Å²) in [4.78, 5) is 76.8. The first-order valence-electron chi connectivity index (χ1n) is 11.6. The summed E-state index contributed by atoms with van der Waals surface area (Å²) in [5.41, 5.74) is 0.476. The Morgan fingerprint density at radius 1 is 0.447 bits per heavy atom. The predicted molar refractivity (Wildman–Crippen MR) is 139 cm³/mol. The van der Waals surface area contributed by atoms with E-state index >= 15 is 0 Å². The van der Waals surface area contributed by atoms with Crippen LogP contribution in [0.25, 0.3) is 0 Å². The molecule has 0 heterocycles. The molecule has 10 heteroatoms. The molecule has 194 valence electrons. The topological polar surface area (TPSA) is 115 Å². The average molecular weight is 515 g/mol. The molecule has 0 N–H and O–H groups in total. The van der Waals surface area contributed by atoms with E-state index in [1.807, 2.05) is 0 Å². The highest BCUT2D eigenvalue weighted by Gasteiger charge is 2.32. The molecule has 0 radical (unpaired) electrons. The molecule has 0 atom stereocenters. The minimum Gasteiger partial charge on any atom is -0.273 e. The highest BCUT2D eigenvalue weighted by Crippen LogP contribution is 2.23. The zero-order chi connectivity index (χ0) is 28.0. The van der Waals surface area contributed by atoms with Gasteiger partial charge in [-0.3, -0.25) is 28.8 Å². The van der Waals surface area contributed by atoms with Gasteiger partial charge in [-0.2, -0.15) is 10.0 Å². The molecule has 0 aliphatic rings. The van der Waals surface area contributed by atoms with Crippen LogP contribution in [-0.2, 0) is 19.2 Å². The summed E-state index contributed by atoms with van der Waals surface area (Å²) in [7, 11) is 0. The standard InChI is InChI=1S/C28H26N4O6/c1-19(33)29(20(2)34)31(25-14-7-5-8-15-25)27(37)23-12-11-13-24(18-23)28(38)32(26-16-9-6-10-17-26)30(21(3)35)22(4)36/h5-18H,1-4H3. The minimum absolute atomic E-state index is 0.0163. The maximum Gasteiger partial charge on any atom is 0.277 e. The van der Waals surface area contributed by atoms with Crippen molar-refractivity contribution in [2.75, 3.05) is 10.0 Å². The number of hydrazine groups is 2. The lowest BCUT2D eigenvalue weighted by molar-refractivity contribution is -0.143. The van der Waals surface area contributed by atoms with Crippen LogP contribution in [0.4, 0.5) is 11.4 Å². The van der Waals surface area contributed by atoms with Crippen molar-refractivity contribution in [3.63, 3.8) is 0 Å². The number of carbonyl (C=O) groups is 6. The van der Waals surface area contributed by atoms with Crippen molar-refractivity contribution in [3.8, 4) is 0 Å². The summed E-state index contributed by atoms with van der Waals surface area (Å²) in [5.74, 6) is -4.24. The van der Waals surface area contributed by atoms with E-state index in [1.165, 1.54) is 24.3 Å². The summed E-state index contributed by atoms with van der Waals surface area (Å²) in [6.45, 7) is 4.61. The third-order valence-corrected chi connectivity index (χ3v) is 5.34. The van der Waals surface area contributed by atoms with E-state index in [2.05, 4.69) is 0 Å². The number of hydrogen-bond donors (Lipinski definition) is 0. The molecule has 3 aromatic rings. The van der Waals surface area contributed by atoms with Crippen LogP contribution in [0.3, 0.4) is 0 Å². The lowest BCUT2D eigenvalue weighted by Crippen LogP contribution is -2.52. The van der Waals surface area contributed by atoms with Gasteiger partial charge in [-0.1, -0.05) is 42.5 Å². The summed E-state index contributed by atoms with van der Waals surface area (Å²) in [5, 5.41) is 3.27. The predicted octanol–water partition coefficient (Wildman–Crippen LogP) is 3.60. The van der Waals surface area contributed by atoms with Crippen LogP contribution in [0, 0.1) is 0 Å². The highest BCUT2D eigenvalue weighted by atomic mass is 16.2. The van der Waals surface area contributed by atoms with Gasteiger partial charge in [-0.15, -0.1) is 0 Å². The third-order valence-electron chi connectivity index (χ3n) is 5.34. The monoisotopic (exact) mass is 514 g/mol. The zero-order valence-electron chi connectivity index (χ0n) is 21.3. The Morgan fingerprint density at radius 2 is 0.763 bits per heavy atom. The Bertz CT molecular complexity index is 1260. The Labute approximate surface area is 219 Å². The fraction of sp³-hybridized carbons (Fsp3) is 0.143. The van der Waals surface area contributed by atoms with E-state index in [-0.39, 0.29) is 22.5 Å². The molecule has 38 heavy (non-hydrogen) atoms. The van der Waals surface area contributed by atoms with Crippen LogP contribution in [-0.4, -0.2) is 45.5 Å². The largest absolute Gasteiger partial charge is 0.277 e. The molecule has 10 nitrogen and oxygen atoms in total. The molecule has 0 bridgehead atoms. The number of anilines is 2. The summed E-state index contributed by atoms with van der Waals surface area (Å²) < 4.78 is 0. The number of amides is 6. The number of imide groups is 2. The van der Waals surface area contributed by atoms with Gasteiger partial charge in [0.15, 0.2) is 0 Å². The van der Waals surface area contributed by atoms with Crippen LogP contribution in [0.15, 0.2) is 84.9 Å². The molecule has 0 saturated carbocycles. The van der Waals surface area contributed by atoms with Gasteiger partial charge in [0.05, 0.1) is 11.4 Å². The first kappa shape index (κ1) is 27.5. The average Bonchev–Trinajstić information content (AvgIpc) is 2.89. The molecule has 3 aromatic carbocycles. The smallest absolute Gasteiger partial charge is 0.273 e. The van der Waals surface area contributed by atoms with Gasteiger partial charge in [0.1, 0.15) is 0 Å². The third kappa shape index (κ3) is 5.81. The second-order valence-corrected chi connectivity index (χ2v) is 8.19. The van der Waals surface area contributed by atoms with E-state index in [0.717, 1.165) is 37.7 Å². The number of carbonyl (C=O) groups excluding carboxylic acids is 6. The van der Waals surface area contributed by atoms with Crippen molar-refractivity contribution in [1.82, 2.24) is 10.0 Å². The second kappa shape index (κ2) is 11.7. The Morgan fingerprint density at radius 3 is 1.05 bits per heavy atom. The van der Waals surface area contributed by atoms with Crippen molar-refractivity contribution >= 4 is 46.8 Å². The number of hydrogen-bond acceptors (Lipinski definition) is 6. The number of benzene rings is 3. The molecule has 3 rings (SSSR count). The van der Waals surface area contributed by atoms with Gasteiger partial charge in [0.2, 0.25) is 23.6 Å². The van der Waals surface area contributed by atoms with Gasteiger partial charge >= 0.3 is 0 Å². The minimum atomic E-state index is -0.752. The van der Waals surface area contributed by atoms with Crippen molar-refractivity contribution in [3.05, 3.63) is 96.1 Å². The maximum absolute atomic E-state index is 13.7. The van der Waals surface area contributed by atoms with Gasteiger partial charge in [-0.25, -0.2) is 10.0 Å². The van der Waals surface area contributed by atoms with Gasteiger partial charge in [-0.05, 0) is 42.5 Å². The van der Waals surface area contributed by atoms with Gasteiger partial charge in [0, 0.05) is 38.8 Å². The van der Waals surface area contributed by atoms with Gasteiger partial charge < -0.3 is 0 Å². The molecule has 0 spiro atoms. The summed E-state index contributed by atoms with van der Waals surface area (Å²) in [6, 6.07) is 21.8. The quantitative estimate of drug-likeness (QED) is 0.492. The number of para-hydroxylation sites is 2. The maximum atomic E-state index is 13.7. The fourth-order valence-electron chi connectivity index (χ4n) is 3.82. The summed E-state index contributed by atoms with van der Waals surface area (Å²) >= 11 is 0. The van der Waals surface area contributed by atoms with Crippen molar-refractivity contribution in [2.45, 2.75) is 27.7 Å². The first-order valence-corrected chi connectivity index (χ1v) is 11.6. The van der Waals surface area contributed by atoms with E-state index in [9.17, 15) is 28.8 Å². The van der Waals surface area contributed by atoms with Crippen LogP contribution in [0.1, 0.15) is 48.4 Å². The fourth-order valence-corrected chi connectivity index (χ4v) is 3.82. The SMILES string of the molecule is CC(=O)N(C(C)=O)N(C(=O)c1cccc(C(=O)N(c2ccccc2)N(C(C)=O)C(C)=O)c1)c1ccccc1. The van der Waals surface area contributed by atoms with E-state index < -0.39 is 35.4 Å². The Kier molecular flexibility index (Phi) is 8.49. The molecule has 6 amide bonds. The molecular weight excluding hydrogens is 488 g/mol. The van der Waals surface area contributed by atoms with Crippen LogP contribution in [0.2, 0.25) is 0 Å². The Balaban J connectivity index is 2.11. The molecular formula is C28H26N4O6. The van der Waals surface area contributed by atoms with E-state index in [4.69, 9.17) is 0 Å². The van der Waals surface area contributed by atoms with Crippen molar-refractivity contribution < 1.29 is 28.8 Å². The lowest BCUT2D eigenvalue weighted by atomic mass is 10.1. The van der Waals surface area contributed by atoms with Gasteiger partial charge in [0.25, 0.3) is 11.8 Å². The summed E-state index contributed by atoms with van der Waals surface area (Å²) in [6.07, 6.45) is 0. The normalized spacial score (nSPS) is 10.2. The highest BCUT2D eigenvalue weighted by molar-refractivity contribution is 6.14. The number of rotatable bonds is 4. The van der Waals surface area contributed by atoms with Crippen LogP contribution < -0.4 is 10.0 Å². The zero-order valence-corrected chi connectivity index (χ0v) is 21.3. The lowest BCUT2D eigenvalue weighted by Gasteiger charge is -2.32. The molecule has 0 aromatic heterocycles. The molecule has 0 unspecified atom stereocenters. The molecule has 0 aliphatic carbocycles. The van der Waals surface area contributed by atoms with Crippen molar-refractivity contribution in [1.29, 1.82) is 0 Å². The van der Waals surface area contributed by atoms with Crippen LogP contribution >= 0.6 is 0 Å². The Hall–Kier alpha value is -5.12. The molecule has 0 aliphatic heterocycles. The number of nitrogens with zero attached hydrogens (tertiary/aromatic N) is 4.